The van der Waals surface area contributed by atoms with E-state index < -0.39 is 0 Å². The standard InChI is InChI=1S/C17H13FN2/c1-12-2-5-17-14(8-12)6-7-20(17)11-15-9-13(10-19)3-4-16(15)18/h2-9H,11H2,1H3. The number of nitrogens with zero attached hydrogens (tertiary/aromatic N) is 2. The third-order valence-corrected chi connectivity index (χ3v) is 3.44. The molecule has 0 fully saturated rings. The normalized spacial score (nSPS) is 10.7. The molecule has 3 rings (SSSR count). The maximum atomic E-state index is 13.8. The van der Waals surface area contributed by atoms with Crippen molar-refractivity contribution in [2.45, 2.75) is 13.5 Å². The third kappa shape index (κ3) is 2.17. The number of hydrogen-bond donors (Lipinski definition) is 0. The van der Waals surface area contributed by atoms with Gasteiger partial charge in [-0.25, -0.2) is 4.39 Å². The molecule has 0 aliphatic carbocycles. The quantitative estimate of drug-likeness (QED) is 0.687. The Bertz CT molecular complexity index is 825. The van der Waals surface area contributed by atoms with Gasteiger partial charge in [0.2, 0.25) is 0 Å². The molecular weight excluding hydrogens is 251 g/mol. The summed E-state index contributed by atoms with van der Waals surface area (Å²) >= 11 is 0. The van der Waals surface area contributed by atoms with E-state index in [-0.39, 0.29) is 5.82 Å². The summed E-state index contributed by atoms with van der Waals surface area (Å²) in [6.07, 6.45) is 1.95. The maximum absolute atomic E-state index is 13.8. The van der Waals surface area contributed by atoms with Gasteiger partial charge in [0, 0.05) is 17.3 Å². The second kappa shape index (κ2) is 4.82. The Morgan fingerprint density at radius 1 is 1.15 bits per heavy atom. The van der Waals surface area contributed by atoms with Crippen LogP contribution in [-0.4, -0.2) is 4.57 Å². The van der Waals surface area contributed by atoms with Crippen LogP contribution in [0.2, 0.25) is 0 Å². The Balaban J connectivity index is 2.03. The van der Waals surface area contributed by atoms with Gasteiger partial charge in [0.1, 0.15) is 5.82 Å². The van der Waals surface area contributed by atoms with E-state index in [1.54, 1.807) is 6.07 Å². The molecule has 0 saturated carbocycles. The summed E-state index contributed by atoms with van der Waals surface area (Å²) in [7, 11) is 0. The van der Waals surface area contributed by atoms with Crippen molar-refractivity contribution in [3.05, 3.63) is 71.2 Å². The predicted octanol–water partition coefficient (Wildman–Crippen LogP) is 4.01. The number of aryl methyl sites for hydroxylation is 1. The number of benzene rings is 2. The Morgan fingerprint density at radius 2 is 2.00 bits per heavy atom. The van der Waals surface area contributed by atoms with Crippen LogP contribution in [0.4, 0.5) is 4.39 Å². The fraction of sp³-hybridized carbons (Fsp3) is 0.118. The van der Waals surface area contributed by atoms with Gasteiger partial charge < -0.3 is 4.57 Å². The van der Waals surface area contributed by atoms with E-state index in [1.165, 1.54) is 17.7 Å². The average molecular weight is 264 g/mol. The van der Waals surface area contributed by atoms with Crippen LogP contribution in [0.5, 0.6) is 0 Å². The van der Waals surface area contributed by atoms with Crippen LogP contribution in [0.25, 0.3) is 10.9 Å². The molecule has 20 heavy (non-hydrogen) atoms. The molecule has 0 atom stereocenters. The molecule has 2 nitrogen and oxygen atoms in total. The Labute approximate surface area is 116 Å². The van der Waals surface area contributed by atoms with E-state index in [1.807, 2.05) is 42.0 Å². The highest BCUT2D eigenvalue weighted by Crippen LogP contribution is 2.20. The van der Waals surface area contributed by atoms with Gasteiger partial charge in [0.25, 0.3) is 0 Å². The molecule has 0 aliphatic heterocycles. The number of rotatable bonds is 2. The second-order valence-electron chi connectivity index (χ2n) is 4.92. The van der Waals surface area contributed by atoms with Crippen LogP contribution in [0.15, 0.2) is 48.7 Å². The minimum atomic E-state index is -0.280. The lowest BCUT2D eigenvalue weighted by Gasteiger charge is -2.07. The number of hydrogen-bond acceptors (Lipinski definition) is 1. The number of halogens is 1. The van der Waals surface area contributed by atoms with Crippen molar-refractivity contribution in [1.29, 1.82) is 5.26 Å². The fourth-order valence-corrected chi connectivity index (χ4v) is 2.41. The van der Waals surface area contributed by atoms with Gasteiger partial charge in [-0.3, -0.25) is 0 Å². The molecule has 2 aromatic carbocycles. The van der Waals surface area contributed by atoms with Crippen molar-refractivity contribution in [2.75, 3.05) is 0 Å². The van der Waals surface area contributed by atoms with E-state index in [9.17, 15) is 4.39 Å². The Morgan fingerprint density at radius 3 is 2.80 bits per heavy atom. The van der Waals surface area contributed by atoms with Crippen LogP contribution in [0.3, 0.4) is 0 Å². The fourth-order valence-electron chi connectivity index (χ4n) is 2.41. The summed E-state index contributed by atoms with van der Waals surface area (Å²) < 4.78 is 15.8. The molecular formula is C17H13FN2. The molecule has 0 saturated heterocycles. The van der Waals surface area contributed by atoms with Gasteiger partial charge in [-0.1, -0.05) is 11.6 Å². The molecule has 0 N–H and O–H groups in total. The first kappa shape index (κ1) is 12.4. The summed E-state index contributed by atoms with van der Waals surface area (Å²) in [4.78, 5) is 0. The van der Waals surface area contributed by atoms with E-state index in [2.05, 4.69) is 6.07 Å². The Kier molecular flexibility index (Phi) is 3.00. The van der Waals surface area contributed by atoms with Crippen LogP contribution < -0.4 is 0 Å². The first-order valence-corrected chi connectivity index (χ1v) is 6.41. The van der Waals surface area contributed by atoms with Crippen molar-refractivity contribution in [1.82, 2.24) is 4.57 Å². The predicted molar refractivity (Wildman–Crippen MR) is 76.9 cm³/mol. The Hall–Kier alpha value is -2.60. The van der Waals surface area contributed by atoms with Gasteiger partial charge in [0.05, 0.1) is 18.2 Å². The number of nitriles is 1. The SMILES string of the molecule is Cc1ccc2c(ccn2Cc2cc(C#N)ccc2F)c1. The monoisotopic (exact) mass is 264 g/mol. The largest absolute Gasteiger partial charge is 0.343 e. The zero-order valence-electron chi connectivity index (χ0n) is 11.1. The summed E-state index contributed by atoms with van der Waals surface area (Å²) in [6, 6.07) is 14.7. The molecule has 0 amide bonds. The highest BCUT2D eigenvalue weighted by Gasteiger charge is 2.07. The van der Waals surface area contributed by atoms with Crippen LogP contribution >= 0.6 is 0 Å². The molecule has 3 aromatic rings. The van der Waals surface area contributed by atoms with E-state index in [4.69, 9.17) is 5.26 Å². The van der Waals surface area contributed by atoms with E-state index in [0.29, 0.717) is 17.7 Å². The second-order valence-corrected chi connectivity index (χ2v) is 4.92. The summed E-state index contributed by atoms with van der Waals surface area (Å²) in [5.41, 5.74) is 3.28. The lowest BCUT2D eigenvalue weighted by atomic mass is 10.1. The zero-order chi connectivity index (χ0) is 14.1. The van der Waals surface area contributed by atoms with Crippen molar-refractivity contribution in [3.8, 4) is 6.07 Å². The lowest BCUT2D eigenvalue weighted by molar-refractivity contribution is 0.602. The minimum Gasteiger partial charge on any atom is -0.343 e. The van der Waals surface area contributed by atoms with Crippen molar-refractivity contribution >= 4 is 10.9 Å². The van der Waals surface area contributed by atoms with E-state index in [0.717, 1.165) is 10.9 Å². The lowest BCUT2D eigenvalue weighted by Crippen LogP contribution is -2.01. The molecule has 0 bridgehead atoms. The number of fused-ring (bicyclic) bond motifs is 1. The highest BCUT2D eigenvalue weighted by atomic mass is 19.1. The average Bonchev–Trinajstić information content (AvgIpc) is 2.83. The van der Waals surface area contributed by atoms with Gasteiger partial charge >= 0.3 is 0 Å². The van der Waals surface area contributed by atoms with Gasteiger partial charge in [0.15, 0.2) is 0 Å². The smallest absolute Gasteiger partial charge is 0.128 e. The summed E-state index contributed by atoms with van der Waals surface area (Å²) in [5, 5.41) is 10.0. The first-order valence-electron chi connectivity index (χ1n) is 6.41. The summed E-state index contributed by atoms with van der Waals surface area (Å²) in [5.74, 6) is -0.280. The maximum Gasteiger partial charge on any atom is 0.128 e. The topological polar surface area (TPSA) is 28.7 Å². The van der Waals surface area contributed by atoms with Gasteiger partial charge in [-0.15, -0.1) is 0 Å². The highest BCUT2D eigenvalue weighted by molar-refractivity contribution is 5.80. The summed E-state index contributed by atoms with van der Waals surface area (Å²) in [6.45, 7) is 2.47. The van der Waals surface area contributed by atoms with Crippen molar-refractivity contribution in [3.63, 3.8) is 0 Å². The van der Waals surface area contributed by atoms with Crippen LogP contribution in [0, 0.1) is 24.1 Å². The molecule has 0 spiro atoms. The molecule has 0 unspecified atom stereocenters. The minimum absolute atomic E-state index is 0.280. The molecule has 3 heteroatoms. The van der Waals surface area contributed by atoms with Gasteiger partial charge in [-0.2, -0.15) is 5.26 Å². The molecule has 1 heterocycles. The van der Waals surface area contributed by atoms with Crippen LogP contribution in [0.1, 0.15) is 16.7 Å². The van der Waals surface area contributed by atoms with Crippen molar-refractivity contribution < 1.29 is 4.39 Å². The van der Waals surface area contributed by atoms with E-state index >= 15 is 0 Å². The van der Waals surface area contributed by atoms with Crippen molar-refractivity contribution in [2.24, 2.45) is 0 Å². The van der Waals surface area contributed by atoms with Crippen LogP contribution in [-0.2, 0) is 6.54 Å². The molecule has 1 aromatic heterocycles. The van der Waals surface area contributed by atoms with Gasteiger partial charge in [-0.05, 0) is 48.7 Å². The third-order valence-electron chi connectivity index (χ3n) is 3.44. The molecule has 0 radical (unpaired) electrons. The molecule has 98 valence electrons. The number of aromatic nitrogens is 1. The molecule has 0 aliphatic rings. The first-order chi connectivity index (χ1) is 9.67. The zero-order valence-corrected chi connectivity index (χ0v) is 11.1.